The molecule has 3 rings (SSSR count). The SMILES string of the molecule is O=C(NC[C@@H]1C[C@@H](O)CN1Cc1ccccc1)c1ncc(F)cc1F. The molecule has 0 aliphatic carbocycles. The van der Waals surface area contributed by atoms with Crippen LogP contribution in [0.25, 0.3) is 0 Å². The van der Waals surface area contributed by atoms with Crippen molar-refractivity contribution in [3.05, 3.63) is 65.5 Å². The van der Waals surface area contributed by atoms with Crippen molar-refractivity contribution in [3.63, 3.8) is 0 Å². The van der Waals surface area contributed by atoms with Gasteiger partial charge in [-0.05, 0) is 12.0 Å². The smallest absolute Gasteiger partial charge is 0.272 e. The van der Waals surface area contributed by atoms with Gasteiger partial charge in [0.15, 0.2) is 11.5 Å². The van der Waals surface area contributed by atoms with E-state index in [0.29, 0.717) is 25.6 Å². The summed E-state index contributed by atoms with van der Waals surface area (Å²) >= 11 is 0. The molecule has 0 saturated carbocycles. The number of aliphatic hydroxyl groups excluding tert-OH is 1. The summed E-state index contributed by atoms with van der Waals surface area (Å²) in [6, 6.07) is 10.4. The molecule has 2 aromatic rings. The molecule has 2 heterocycles. The lowest BCUT2D eigenvalue weighted by Crippen LogP contribution is -2.40. The van der Waals surface area contributed by atoms with Gasteiger partial charge in [0.2, 0.25) is 0 Å². The summed E-state index contributed by atoms with van der Waals surface area (Å²) in [6.45, 7) is 1.42. The molecule has 1 amide bonds. The van der Waals surface area contributed by atoms with Gasteiger partial charge in [0.25, 0.3) is 5.91 Å². The highest BCUT2D eigenvalue weighted by Crippen LogP contribution is 2.20. The van der Waals surface area contributed by atoms with Crippen molar-refractivity contribution in [1.82, 2.24) is 15.2 Å². The number of amides is 1. The van der Waals surface area contributed by atoms with Crippen LogP contribution in [0.1, 0.15) is 22.5 Å². The number of pyridine rings is 1. The van der Waals surface area contributed by atoms with Crippen molar-refractivity contribution in [2.75, 3.05) is 13.1 Å². The number of nitrogens with zero attached hydrogens (tertiary/aromatic N) is 2. The van der Waals surface area contributed by atoms with Crippen LogP contribution in [0, 0.1) is 11.6 Å². The molecule has 132 valence electrons. The van der Waals surface area contributed by atoms with Gasteiger partial charge in [-0.2, -0.15) is 0 Å². The van der Waals surface area contributed by atoms with E-state index in [2.05, 4.69) is 15.2 Å². The van der Waals surface area contributed by atoms with Crippen LogP contribution in [0.15, 0.2) is 42.6 Å². The maximum absolute atomic E-state index is 13.6. The minimum atomic E-state index is -0.995. The normalized spacial score (nSPS) is 20.6. The molecule has 0 unspecified atom stereocenters. The summed E-state index contributed by atoms with van der Waals surface area (Å²) < 4.78 is 26.5. The molecule has 1 aliphatic rings. The van der Waals surface area contributed by atoms with Crippen LogP contribution in [0.3, 0.4) is 0 Å². The topological polar surface area (TPSA) is 65.5 Å². The number of halogens is 2. The zero-order chi connectivity index (χ0) is 17.8. The van der Waals surface area contributed by atoms with E-state index >= 15 is 0 Å². The third-order valence-corrected chi connectivity index (χ3v) is 4.26. The number of carbonyl (C=O) groups excluding carboxylic acids is 1. The zero-order valence-corrected chi connectivity index (χ0v) is 13.5. The summed E-state index contributed by atoms with van der Waals surface area (Å²) in [4.78, 5) is 17.6. The van der Waals surface area contributed by atoms with Crippen molar-refractivity contribution in [2.45, 2.75) is 25.1 Å². The molecular formula is C18H19F2N3O2. The first-order chi connectivity index (χ1) is 12.0. The van der Waals surface area contributed by atoms with E-state index in [1.165, 1.54) is 0 Å². The highest BCUT2D eigenvalue weighted by Gasteiger charge is 2.31. The van der Waals surface area contributed by atoms with Crippen LogP contribution in [-0.2, 0) is 6.54 Å². The van der Waals surface area contributed by atoms with E-state index in [9.17, 15) is 18.7 Å². The third-order valence-electron chi connectivity index (χ3n) is 4.26. The van der Waals surface area contributed by atoms with Crippen molar-refractivity contribution in [3.8, 4) is 0 Å². The van der Waals surface area contributed by atoms with Gasteiger partial charge >= 0.3 is 0 Å². The van der Waals surface area contributed by atoms with Crippen LogP contribution < -0.4 is 5.32 Å². The van der Waals surface area contributed by atoms with Gasteiger partial charge in [-0.25, -0.2) is 13.8 Å². The molecule has 2 N–H and O–H groups in total. The molecule has 1 aliphatic heterocycles. The first-order valence-electron chi connectivity index (χ1n) is 8.08. The van der Waals surface area contributed by atoms with Crippen molar-refractivity contribution in [1.29, 1.82) is 0 Å². The number of nitrogens with one attached hydrogen (secondary N) is 1. The van der Waals surface area contributed by atoms with Crippen LogP contribution >= 0.6 is 0 Å². The van der Waals surface area contributed by atoms with E-state index < -0.39 is 29.3 Å². The molecule has 1 aromatic carbocycles. The number of carbonyl (C=O) groups is 1. The predicted molar refractivity (Wildman–Crippen MR) is 87.8 cm³/mol. The first kappa shape index (κ1) is 17.4. The van der Waals surface area contributed by atoms with Crippen LogP contribution in [0.2, 0.25) is 0 Å². The molecule has 0 radical (unpaired) electrons. The lowest BCUT2D eigenvalue weighted by atomic mass is 10.1. The summed E-state index contributed by atoms with van der Waals surface area (Å²) in [6.07, 6.45) is 0.858. The predicted octanol–water partition coefficient (Wildman–Crippen LogP) is 1.72. The van der Waals surface area contributed by atoms with E-state index in [1.54, 1.807) is 0 Å². The number of hydrogen-bond acceptors (Lipinski definition) is 4. The minimum absolute atomic E-state index is 0.0670. The highest BCUT2D eigenvalue weighted by atomic mass is 19.1. The van der Waals surface area contributed by atoms with Gasteiger partial charge in [-0.1, -0.05) is 30.3 Å². The molecule has 25 heavy (non-hydrogen) atoms. The molecule has 0 spiro atoms. The Bertz CT molecular complexity index is 742. The van der Waals surface area contributed by atoms with Crippen LogP contribution in [0.5, 0.6) is 0 Å². The maximum atomic E-state index is 13.6. The molecule has 0 bridgehead atoms. The quantitative estimate of drug-likeness (QED) is 0.865. The average Bonchev–Trinajstić information content (AvgIpc) is 2.93. The first-order valence-corrected chi connectivity index (χ1v) is 8.08. The lowest BCUT2D eigenvalue weighted by molar-refractivity contribution is 0.0930. The van der Waals surface area contributed by atoms with Gasteiger partial charge in [0.1, 0.15) is 5.82 Å². The molecule has 1 saturated heterocycles. The number of hydrogen-bond donors (Lipinski definition) is 2. The Morgan fingerprint density at radius 3 is 2.80 bits per heavy atom. The minimum Gasteiger partial charge on any atom is -0.392 e. The Labute approximate surface area is 144 Å². The fourth-order valence-electron chi connectivity index (χ4n) is 3.06. The maximum Gasteiger partial charge on any atom is 0.272 e. The molecule has 1 fully saturated rings. The van der Waals surface area contributed by atoms with Gasteiger partial charge in [0, 0.05) is 31.7 Å². The number of likely N-dealkylation sites (tertiary alicyclic amines) is 1. The number of benzene rings is 1. The Morgan fingerprint density at radius 2 is 2.08 bits per heavy atom. The van der Waals surface area contributed by atoms with E-state index in [1.807, 2.05) is 30.3 Å². The van der Waals surface area contributed by atoms with E-state index in [-0.39, 0.29) is 12.6 Å². The molecular weight excluding hydrogens is 328 g/mol. The highest BCUT2D eigenvalue weighted by molar-refractivity contribution is 5.92. The number of rotatable bonds is 5. The number of aromatic nitrogens is 1. The Kier molecular flexibility index (Phi) is 5.35. The summed E-state index contributed by atoms with van der Waals surface area (Å²) in [7, 11) is 0. The monoisotopic (exact) mass is 347 g/mol. The lowest BCUT2D eigenvalue weighted by Gasteiger charge is -2.24. The second-order valence-electron chi connectivity index (χ2n) is 6.15. The second-order valence-corrected chi connectivity index (χ2v) is 6.15. The number of β-amino-alcohol motifs (C(OH)–C–C–N with tert-alkyl or cyclic N) is 1. The summed E-state index contributed by atoms with van der Waals surface area (Å²) in [5.41, 5.74) is 0.675. The zero-order valence-electron chi connectivity index (χ0n) is 13.5. The standard InChI is InChI=1S/C18H19F2N3O2/c19-13-6-16(20)17(21-8-13)18(25)22-9-14-7-15(24)11-23(14)10-12-4-2-1-3-5-12/h1-6,8,14-15,24H,7,9-11H2,(H,22,25)/t14-,15+/m0/s1. The van der Waals surface area contributed by atoms with Crippen LogP contribution in [0.4, 0.5) is 8.78 Å². The molecule has 5 nitrogen and oxygen atoms in total. The van der Waals surface area contributed by atoms with Gasteiger partial charge < -0.3 is 10.4 Å². The largest absolute Gasteiger partial charge is 0.392 e. The summed E-state index contributed by atoms with van der Waals surface area (Å²) in [5, 5.41) is 12.6. The van der Waals surface area contributed by atoms with Gasteiger partial charge in [-0.15, -0.1) is 0 Å². The molecule has 1 aromatic heterocycles. The third kappa shape index (κ3) is 4.37. The summed E-state index contributed by atoms with van der Waals surface area (Å²) in [5.74, 6) is -2.52. The Morgan fingerprint density at radius 1 is 1.32 bits per heavy atom. The molecule has 2 atom stereocenters. The van der Waals surface area contributed by atoms with Crippen LogP contribution in [-0.4, -0.2) is 46.1 Å². The van der Waals surface area contributed by atoms with Crippen molar-refractivity contribution in [2.24, 2.45) is 0 Å². The van der Waals surface area contributed by atoms with E-state index in [0.717, 1.165) is 11.8 Å². The fraction of sp³-hybridized carbons (Fsp3) is 0.333. The average molecular weight is 347 g/mol. The number of aliphatic hydroxyl groups is 1. The van der Waals surface area contributed by atoms with Gasteiger partial charge in [0.05, 0.1) is 12.3 Å². The Hall–Kier alpha value is -2.38. The van der Waals surface area contributed by atoms with Crippen molar-refractivity contribution < 1.29 is 18.7 Å². The van der Waals surface area contributed by atoms with E-state index in [4.69, 9.17) is 0 Å². The fourth-order valence-corrected chi connectivity index (χ4v) is 3.06. The Balaban J connectivity index is 1.61. The van der Waals surface area contributed by atoms with Gasteiger partial charge in [-0.3, -0.25) is 9.69 Å². The molecule has 7 heteroatoms. The second kappa shape index (κ2) is 7.67. The van der Waals surface area contributed by atoms with Crippen molar-refractivity contribution >= 4 is 5.91 Å².